The molecule has 0 spiro atoms. The van der Waals surface area contributed by atoms with E-state index in [1.165, 1.54) is 0 Å². The van der Waals surface area contributed by atoms with Gasteiger partial charge in [-0.1, -0.05) is 0 Å². The number of ether oxygens (including phenoxy) is 2. The number of hydrogen-bond donors (Lipinski definition) is 0. The number of nitrogens with zero attached hydrogens (tertiary/aromatic N) is 4. The van der Waals surface area contributed by atoms with E-state index in [-0.39, 0.29) is 6.61 Å². The minimum Gasteiger partial charge on any atom is -0.497 e. The van der Waals surface area contributed by atoms with E-state index < -0.39 is 0 Å². The number of hydrogen-bond acceptors (Lipinski definition) is 5. The first kappa shape index (κ1) is 11.9. The Hall–Kier alpha value is -2.55. The third-order valence-corrected chi connectivity index (χ3v) is 2.42. The highest BCUT2D eigenvalue weighted by atomic mass is 16.5. The zero-order chi connectivity index (χ0) is 13.0. The van der Waals surface area contributed by atoms with E-state index in [0.29, 0.717) is 22.9 Å². The van der Waals surface area contributed by atoms with Crippen molar-refractivity contribution in [3.05, 3.63) is 35.9 Å². The maximum Gasteiger partial charge on any atom is 0.170 e. The smallest absolute Gasteiger partial charge is 0.170 e. The van der Waals surface area contributed by atoms with E-state index in [2.05, 4.69) is 16.3 Å². The minimum absolute atomic E-state index is 0.286. The predicted molar refractivity (Wildman–Crippen MR) is 63.0 cm³/mol. The van der Waals surface area contributed by atoms with Crippen LogP contribution in [0.15, 0.2) is 24.5 Å². The van der Waals surface area contributed by atoms with Crippen LogP contribution in [0.2, 0.25) is 0 Å². The Balaban J connectivity index is 2.14. The molecule has 0 amide bonds. The number of nitriles is 1. The van der Waals surface area contributed by atoms with Crippen LogP contribution in [0.25, 0.3) is 0 Å². The van der Waals surface area contributed by atoms with E-state index in [0.717, 1.165) is 0 Å². The molecule has 2 rings (SSSR count). The van der Waals surface area contributed by atoms with Gasteiger partial charge in [0, 0.05) is 13.1 Å². The molecule has 6 nitrogen and oxygen atoms in total. The molecule has 0 saturated heterocycles. The second-order valence-electron chi connectivity index (χ2n) is 3.66. The van der Waals surface area contributed by atoms with E-state index in [4.69, 9.17) is 14.7 Å². The van der Waals surface area contributed by atoms with Crippen molar-refractivity contribution in [2.24, 2.45) is 7.05 Å². The molecule has 6 heteroatoms. The highest BCUT2D eigenvalue weighted by molar-refractivity contribution is 5.43. The van der Waals surface area contributed by atoms with Gasteiger partial charge in [0.15, 0.2) is 5.82 Å². The molecular formula is C12H12N4O2. The lowest BCUT2D eigenvalue weighted by Gasteiger charge is -2.08. The molecule has 18 heavy (non-hydrogen) atoms. The predicted octanol–water partition coefficient (Wildman–Crippen LogP) is 1.27. The summed E-state index contributed by atoms with van der Waals surface area (Å²) in [4.78, 5) is 0. The fourth-order valence-corrected chi connectivity index (χ4v) is 1.42. The number of methoxy groups -OCH3 is 1. The summed E-state index contributed by atoms with van der Waals surface area (Å²) in [6, 6.07) is 7.07. The maximum atomic E-state index is 8.89. The van der Waals surface area contributed by atoms with Gasteiger partial charge in [-0.2, -0.15) is 5.26 Å². The van der Waals surface area contributed by atoms with Crippen LogP contribution < -0.4 is 9.47 Å². The van der Waals surface area contributed by atoms with Gasteiger partial charge < -0.3 is 14.0 Å². The van der Waals surface area contributed by atoms with Gasteiger partial charge in [0.05, 0.1) is 18.7 Å². The van der Waals surface area contributed by atoms with E-state index in [9.17, 15) is 0 Å². The minimum atomic E-state index is 0.286. The Morgan fingerprint density at radius 1 is 1.33 bits per heavy atom. The summed E-state index contributed by atoms with van der Waals surface area (Å²) in [5.74, 6) is 1.85. The number of rotatable bonds is 4. The van der Waals surface area contributed by atoms with Crippen LogP contribution in [0.5, 0.6) is 11.5 Å². The summed E-state index contributed by atoms with van der Waals surface area (Å²) in [7, 11) is 3.38. The lowest BCUT2D eigenvalue weighted by Crippen LogP contribution is -2.03. The Bertz CT molecular complexity index is 586. The van der Waals surface area contributed by atoms with Crippen molar-refractivity contribution < 1.29 is 9.47 Å². The largest absolute Gasteiger partial charge is 0.497 e. The van der Waals surface area contributed by atoms with Crippen molar-refractivity contribution in [3.63, 3.8) is 0 Å². The molecule has 0 atom stereocenters. The van der Waals surface area contributed by atoms with Gasteiger partial charge in [0.1, 0.15) is 24.4 Å². The Kier molecular flexibility index (Phi) is 3.44. The summed E-state index contributed by atoms with van der Waals surface area (Å²) in [5, 5.41) is 16.6. The first-order chi connectivity index (χ1) is 8.72. The molecular weight excluding hydrogens is 232 g/mol. The molecule has 0 N–H and O–H groups in total. The molecule has 0 saturated carbocycles. The Morgan fingerprint density at radius 2 is 2.11 bits per heavy atom. The molecule has 0 fully saturated rings. The van der Waals surface area contributed by atoms with Gasteiger partial charge in [0.25, 0.3) is 0 Å². The normalized spacial score (nSPS) is 9.83. The zero-order valence-corrected chi connectivity index (χ0v) is 10.1. The molecule has 1 aromatic heterocycles. The summed E-state index contributed by atoms with van der Waals surface area (Å²) < 4.78 is 12.4. The van der Waals surface area contributed by atoms with Crippen LogP contribution in [-0.2, 0) is 13.7 Å². The van der Waals surface area contributed by atoms with Crippen molar-refractivity contribution in [1.29, 1.82) is 5.26 Å². The SMILES string of the molecule is COc1cc(C#N)cc(OCc2nncn2C)c1. The highest BCUT2D eigenvalue weighted by Gasteiger charge is 2.05. The van der Waals surface area contributed by atoms with Gasteiger partial charge in [-0.3, -0.25) is 0 Å². The number of benzene rings is 1. The second kappa shape index (κ2) is 5.19. The third kappa shape index (κ3) is 2.58. The Labute approximate surface area is 104 Å². The molecule has 92 valence electrons. The van der Waals surface area contributed by atoms with Crippen LogP contribution >= 0.6 is 0 Å². The molecule has 0 unspecified atom stereocenters. The maximum absolute atomic E-state index is 8.89. The lowest BCUT2D eigenvalue weighted by molar-refractivity contribution is 0.289. The average molecular weight is 244 g/mol. The zero-order valence-electron chi connectivity index (χ0n) is 10.1. The lowest BCUT2D eigenvalue weighted by atomic mass is 10.2. The van der Waals surface area contributed by atoms with Crippen LogP contribution in [0.4, 0.5) is 0 Å². The van der Waals surface area contributed by atoms with E-state index in [1.54, 1.807) is 36.2 Å². The molecule has 1 aromatic carbocycles. The first-order valence-corrected chi connectivity index (χ1v) is 5.28. The van der Waals surface area contributed by atoms with Crippen LogP contribution in [-0.4, -0.2) is 21.9 Å². The van der Waals surface area contributed by atoms with Crippen molar-refractivity contribution in [2.75, 3.05) is 7.11 Å². The molecule has 0 radical (unpaired) electrons. The Morgan fingerprint density at radius 3 is 2.72 bits per heavy atom. The van der Waals surface area contributed by atoms with Gasteiger partial charge in [0.2, 0.25) is 0 Å². The van der Waals surface area contributed by atoms with Gasteiger partial charge in [-0.05, 0) is 12.1 Å². The molecule has 0 aliphatic rings. The fourth-order valence-electron chi connectivity index (χ4n) is 1.42. The molecule has 0 aliphatic heterocycles. The monoisotopic (exact) mass is 244 g/mol. The molecule has 1 heterocycles. The van der Waals surface area contributed by atoms with Gasteiger partial charge in [-0.25, -0.2) is 0 Å². The van der Waals surface area contributed by atoms with Crippen LogP contribution in [0.1, 0.15) is 11.4 Å². The van der Waals surface area contributed by atoms with Crippen molar-refractivity contribution in [2.45, 2.75) is 6.61 Å². The summed E-state index contributed by atoms with van der Waals surface area (Å²) >= 11 is 0. The van der Waals surface area contributed by atoms with Crippen LogP contribution in [0, 0.1) is 11.3 Å². The first-order valence-electron chi connectivity index (χ1n) is 5.28. The fraction of sp³-hybridized carbons (Fsp3) is 0.250. The van der Waals surface area contributed by atoms with Gasteiger partial charge in [-0.15, -0.1) is 10.2 Å². The van der Waals surface area contributed by atoms with Crippen LogP contribution in [0.3, 0.4) is 0 Å². The molecule has 0 aliphatic carbocycles. The van der Waals surface area contributed by atoms with E-state index in [1.807, 2.05) is 7.05 Å². The van der Waals surface area contributed by atoms with Crippen molar-refractivity contribution in [1.82, 2.24) is 14.8 Å². The second-order valence-corrected chi connectivity index (χ2v) is 3.66. The van der Waals surface area contributed by atoms with E-state index >= 15 is 0 Å². The van der Waals surface area contributed by atoms with Crippen molar-refractivity contribution in [3.8, 4) is 17.6 Å². The average Bonchev–Trinajstić information content (AvgIpc) is 2.81. The standard InChI is InChI=1S/C12H12N4O2/c1-16-8-14-15-12(16)7-18-11-4-9(6-13)3-10(5-11)17-2/h3-5,8H,7H2,1-2H3. The number of aromatic nitrogens is 3. The topological polar surface area (TPSA) is 73.0 Å². The summed E-state index contributed by atoms with van der Waals surface area (Å²) in [6.07, 6.45) is 1.60. The number of aryl methyl sites for hydroxylation is 1. The van der Waals surface area contributed by atoms with Crippen molar-refractivity contribution >= 4 is 0 Å². The molecule has 2 aromatic rings. The third-order valence-electron chi connectivity index (χ3n) is 2.42. The van der Waals surface area contributed by atoms with Gasteiger partial charge >= 0.3 is 0 Å². The highest BCUT2D eigenvalue weighted by Crippen LogP contribution is 2.22. The summed E-state index contributed by atoms with van der Waals surface area (Å²) in [6.45, 7) is 0.286. The molecule has 0 bridgehead atoms. The quantitative estimate of drug-likeness (QED) is 0.809. The summed E-state index contributed by atoms with van der Waals surface area (Å²) in [5.41, 5.74) is 0.488.